The second-order valence-corrected chi connectivity index (χ2v) is 11.1. The molecule has 1 aliphatic heterocycles. The number of benzene rings is 2. The molecule has 1 saturated heterocycles. The van der Waals surface area contributed by atoms with E-state index in [2.05, 4.69) is 4.72 Å². The second kappa shape index (κ2) is 8.32. The average molecular weight is 469 g/mol. The van der Waals surface area contributed by atoms with Gasteiger partial charge >= 0.3 is 0 Å². The Hall–Kier alpha value is -1.91. The molecule has 7 nitrogen and oxygen atoms in total. The van der Waals surface area contributed by atoms with E-state index in [0.717, 1.165) is 23.0 Å². The molecule has 0 bridgehead atoms. The Bertz CT molecular complexity index is 1270. The summed E-state index contributed by atoms with van der Waals surface area (Å²) in [4.78, 5) is -0.101. The fourth-order valence-corrected chi connectivity index (χ4v) is 6.66. The fraction of sp³-hybridized carbons (Fsp3) is 0.300. The second-order valence-electron chi connectivity index (χ2n) is 7.15. The van der Waals surface area contributed by atoms with Crippen LogP contribution in [0.1, 0.15) is 12.8 Å². The molecular weight excluding hydrogens is 448 g/mol. The predicted molar refractivity (Wildman–Crippen MR) is 115 cm³/mol. The number of halogens is 1. The first kappa shape index (κ1) is 21.3. The van der Waals surface area contributed by atoms with Crippen molar-refractivity contribution in [3.8, 4) is 0 Å². The van der Waals surface area contributed by atoms with Crippen LogP contribution in [0.5, 0.6) is 0 Å². The van der Waals surface area contributed by atoms with Gasteiger partial charge in [-0.1, -0.05) is 35.9 Å². The number of ether oxygens (including phenoxy) is 1. The molecule has 30 heavy (non-hydrogen) atoms. The van der Waals surface area contributed by atoms with Crippen molar-refractivity contribution in [1.29, 1.82) is 0 Å². The first-order valence-corrected chi connectivity index (χ1v) is 12.8. The first-order chi connectivity index (χ1) is 14.3. The van der Waals surface area contributed by atoms with Gasteiger partial charge in [-0.15, -0.1) is 0 Å². The van der Waals surface area contributed by atoms with Crippen molar-refractivity contribution >= 4 is 42.6 Å². The lowest BCUT2D eigenvalue weighted by atomic mass is 10.0. The van der Waals surface area contributed by atoms with Gasteiger partial charge in [0.25, 0.3) is 10.0 Å². The van der Waals surface area contributed by atoms with E-state index in [1.54, 1.807) is 36.4 Å². The van der Waals surface area contributed by atoms with Crippen LogP contribution in [-0.4, -0.2) is 40.6 Å². The van der Waals surface area contributed by atoms with Crippen LogP contribution in [0.25, 0.3) is 10.9 Å². The molecule has 160 valence electrons. The molecule has 0 radical (unpaired) electrons. The highest BCUT2D eigenvalue weighted by Gasteiger charge is 2.28. The summed E-state index contributed by atoms with van der Waals surface area (Å²) >= 11 is 6.31. The normalized spacial score (nSPS) is 16.2. The molecule has 3 aromatic rings. The van der Waals surface area contributed by atoms with E-state index in [1.165, 1.54) is 12.1 Å². The summed E-state index contributed by atoms with van der Waals surface area (Å²) in [6.45, 7) is 1.47. The van der Waals surface area contributed by atoms with Gasteiger partial charge in [-0.3, -0.25) is 0 Å². The number of nitrogens with zero attached hydrogens (tertiary/aromatic N) is 1. The number of fused-ring (bicyclic) bond motifs is 1. The summed E-state index contributed by atoms with van der Waals surface area (Å²) in [6, 6.07) is 12.5. The number of aromatic nitrogens is 1. The lowest BCUT2D eigenvalue weighted by Crippen LogP contribution is -2.32. The lowest BCUT2D eigenvalue weighted by Gasteiger charge is -2.22. The van der Waals surface area contributed by atoms with Crippen molar-refractivity contribution in [3.05, 3.63) is 59.8 Å². The molecule has 2 aromatic carbocycles. The summed E-state index contributed by atoms with van der Waals surface area (Å²) in [5.41, 5.74) is 0.206. The van der Waals surface area contributed by atoms with E-state index >= 15 is 0 Å². The summed E-state index contributed by atoms with van der Waals surface area (Å²) in [6.07, 6.45) is 2.67. The SMILES string of the molecule is O=S(=O)(NCC1CCOCC1)c1cn(S(=O)(=O)c2ccccc2)c2cccc(Cl)c12. The molecule has 1 N–H and O–H groups in total. The maximum Gasteiger partial charge on any atom is 0.268 e. The molecular formula is C20H21ClN2O5S2. The standard InChI is InChI=1S/C20H21ClN2O5S2/c21-17-7-4-8-18-20(17)19(29(24,25)22-13-15-9-11-28-12-10-15)14-23(18)30(26,27)16-5-2-1-3-6-16/h1-8,14-15,22H,9-13H2. The van der Waals surface area contributed by atoms with Crippen LogP contribution in [0.4, 0.5) is 0 Å². The molecule has 1 fully saturated rings. The highest BCUT2D eigenvalue weighted by molar-refractivity contribution is 7.91. The largest absolute Gasteiger partial charge is 0.381 e. The molecule has 0 amide bonds. The van der Waals surface area contributed by atoms with E-state index in [0.29, 0.717) is 13.2 Å². The number of hydrogen-bond donors (Lipinski definition) is 1. The van der Waals surface area contributed by atoms with Gasteiger partial charge in [0.05, 0.1) is 15.4 Å². The topological polar surface area (TPSA) is 94.5 Å². The molecule has 4 rings (SSSR count). The van der Waals surface area contributed by atoms with Gasteiger partial charge in [-0.05, 0) is 43.0 Å². The maximum absolute atomic E-state index is 13.2. The van der Waals surface area contributed by atoms with Gasteiger partial charge in [0.15, 0.2) is 0 Å². The summed E-state index contributed by atoms with van der Waals surface area (Å²) in [7, 11) is -8.00. The lowest BCUT2D eigenvalue weighted by molar-refractivity contribution is 0.0678. The Morgan fingerprint density at radius 3 is 2.40 bits per heavy atom. The van der Waals surface area contributed by atoms with E-state index in [1.807, 2.05) is 0 Å². The Kier molecular flexibility index (Phi) is 5.91. The summed E-state index contributed by atoms with van der Waals surface area (Å²) in [5.74, 6) is 0.172. The van der Waals surface area contributed by atoms with Crippen LogP contribution in [0.15, 0.2) is 64.5 Å². The van der Waals surface area contributed by atoms with Crippen molar-refractivity contribution in [3.63, 3.8) is 0 Å². The Morgan fingerprint density at radius 2 is 1.70 bits per heavy atom. The van der Waals surface area contributed by atoms with Crippen LogP contribution in [0, 0.1) is 5.92 Å². The summed E-state index contributed by atoms with van der Waals surface area (Å²) < 4.78 is 61.5. The van der Waals surface area contributed by atoms with Crippen molar-refractivity contribution in [2.75, 3.05) is 19.8 Å². The van der Waals surface area contributed by atoms with Crippen molar-refractivity contribution < 1.29 is 21.6 Å². The van der Waals surface area contributed by atoms with Gasteiger partial charge in [0, 0.05) is 31.3 Å². The van der Waals surface area contributed by atoms with Gasteiger partial charge in [0.2, 0.25) is 10.0 Å². The monoisotopic (exact) mass is 468 g/mol. The quantitative estimate of drug-likeness (QED) is 0.599. The van der Waals surface area contributed by atoms with Crippen LogP contribution < -0.4 is 4.72 Å². The average Bonchev–Trinajstić information content (AvgIpc) is 3.17. The predicted octanol–water partition coefficient (Wildman–Crippen LogP) is 3.24. The highest BCUT2D eigenvalue weighted by Crippen LogP contribution is 2.34. The van der Waals surface area contributed by atoms with Crippen LogP contribution in [0.3, 0.4) is 0 Å². The minimum Gasteiger partial charge on any atom is -0.381 e. The molecule has 2 heterocycles. The van der Waals surface area contributed by atoms with Gasteiger partial charge in [0.1, 0.15) is 4.90 Å². The van der Waals surface area contributed by atoms with Crippen molar-refractivity contribution in [1.82, 2.24) is 8.69 Å². The zero-order valence-corrected chi connectivity index (χ0v) is 18.4. The van der Waals surface area contributed by atoms with E-state index < -0.39 is 20.0 Å². The number of sulfonamides is 1. The van der Waals surface area contributed by atoms with Crippen LogP contribution in [-0.2, 0) is 24.8 Å². The minimum absolute atomic E-state index is 0.0565. The Morgan fingerprint density at radius 1 is 1.00 bits per heavy atom. The molecule has 10 heteroatoms. The van der Waals surface area contributed by atoms with Gasteiger partial charge in [-0.25, -0.2) is 25.5 Å². The van der Waals surface area contributed by atoms with Crippen LogP contribution >= 0.6 is 11.6 Å². The van der Waals surface area contributed by atoms with Crippen LogP contribution in [0.2, 0.25) is 5.02 Å². The molecule has 1 aliphatic rings. The molecule has 0 spiro atoms. The molecule has 0 aliphatic carbocycles. The zero-order chi connectivity index (χ0) is 21.4. The highest BCUT2D eigenvalue weighted by atomic mass is 35.5. The third-order valence-corrected chi connectivity index (χ3v) is 8.64. The minimum atomic E-state index is -4.01. The Balaban J connectivity index is 1.79. The van der Waals surface area contributed by atoms with E-state index in [9.17, 15) is 16.8 Å². The van der Waals surface area contributed by atoms with E-state index in [4.69, 9.17) is 16.3 Å². The van der Waals surface area contributed by atoms with Crippen molar-refractivity contribution in [2.24, 2.45) is 5.92 Å². The maximum atomic E-state index is 13.2. The smallest absolute Gasteiger partial charge is 0.268 e. The third kappa shape index (κ3) is 4.00. The fourth-order valence-electron chi connectivity index (χ4n) is 3.55. The zero-order valence-electron chi connectivity index (χ0n) is 16.0. The number of hydrogen-bond acceptors (Lipinski definition) is 5. The molecule has 0 unspecified atom stereocenters. The number of nitrogens with one attached hydrogen (secondary N) is 1. The molecule has 0 atom stereocenters. The third-order valence-electron chi connectivity index (χ3n) is 5.20. The van der Waals surface area contributed by atoms with Crippen molar-refractivity contribution in [2.45, 2.75) is 22.6 Å². The van der Waals surface area contributed by atoms with Gasteiger partial charge in [-0.2, -0.15) is 0 Å². The van der Waals surface area contributed by atoms with Gasteiger partial charge < -0.3 is 4.74 Å². The number of rotatable bonds is 6. The summed E-state index contributed by atoms with van der Waals surface area (Å²) in [5, 5.41) is 0.346. The first-order valence-electron chi connectivity index (χ1n) is 9.48. The molecule has 1 aromatic heterocycles. The Labute approximate surface area is 180 Å². The molecule has 0 saturated carbocycles. The van der Waals surface area contributed by atoms with E-state index in [-0.39, 0.29) is 38.2 Å².